The Kier molecular flexibility index (Phi) is 59.7. The van der Waals surface area contributed by atoms with E-state index in [1.807, 2.05) is 0 Å². The van der Waals surface area contributed by atoms with Gasteiger partial charge in [-0.25, -0.2) is 4.57 Å². The number of nitrogens with two attached hydrogens (primary N) is 1. The highest BCUT2D eigenvalue weighted by molar-refractivity contribution is 7.47. The van der Waals surface area contributed by atoms with Gasteiger partial charge in [0.05, 0.1) is 13.2 Å². The Hall–Kier alpha value is -3.07. The highest BCUT2D eigenvalue weighted by Crippen LogP contribution is 2.43. The zero-order valence-electron chi connectivity index (χ0n) is 49.7. The van der Waals surface area contributed by atoms with Crippen molar-refractivity contribution in [1.29, 1.82) is 0 Å². The lowest BCUT2D eigenvalue weighted by atomic mass is 10.0. The van der Waals surface area contributed by atoms with E-state index in [1.165, 1.54) is 161 Å². The topological polar surface area (TPSA) is 134 Å². The molecule has 0 saturated carbocycles. The van der Waals surface area contributed by atoms with Crippen LogP contribution in [0.2, 0.25) is 0 Å². The van der Waals surface area contributed by atoms with Crippen molar-refractivity contribution in [2.75, 3.05) is 26.4 Å². The average Bonchev–Trinajstić information content (AvgIpc) is 3.42. The first-order valence-corrected chi connectivity index (χ1v) is 33.2. The van der Waals surface area contributed by atoms with E-state index in [-0.39, 0.29) is 38.6 Å². The van der Waals surface area contributed by atoms with E-state index < -0.39 is 26.5 Å². The summed E-state index contributed by atoms with van der Waals surface area (Å²) < 4.78 is 33.1. The van der Waals surface area contributed by atoms with Gasteiger partial charge in [-0.15, -0.1) is 0 Å². The zero-order chi connectivity index (χ0) is 55.9. The van der Waals surface area contributed by atoms with E-state index in [0.29, 0.717) is 6.42 Å². The van der Waals surface area contributed by atoms with E-state index in [9.17, 15) is 19.0 Å². The zero-order valence-corrected chi connectivity index (χ0v) is 50.6. The SMILES string of the molecule is CC/C=C\C/C=C\C/C=C\C/C=C\C/C=C\C/C=C\C/C=C\CCCCCCCCCCCCCC(=O)OC(COC(=O)CCCCCCCCCCCCC/C=C\CCCCCCCCCC)COP(=O)(O)OCCN. The third-order valence-electron chi connectivity index (χ3n) is 13.5. The fraction of sp³-hybridized carbons (Fsp3) is 0.731. The van der Waals surface area contributed by atoms with Crippen molar-refractivity contribution in [3.63, 3.8) is 0 Å². The highest BCUT2D eigenvalue weighted by Gasteiger charge is 2.26. The van der Waals surface area contributed by atoms with Gasteiger partial charge in [0.2, 0.25) is 0 Å². The minimum Gasteiger partial charge on any atom is -0.462 e. The number of unbranched alkanes of at least 4 members (excludes halogenated alkanes) is 30. The highest BCUT2D eigenvalue weighted by atomic mass is 31.2. The number of hydrogen-bond acceptors (Lipinski definition) is 8. The Morgan fingerprint density at radius 3 is 1.08 bits per heavy atom. The van der Waals surface area contributed by atoms with Crippen LogP contribution in [-0.4, -0.2) is 49.3 Å². The van der Waals surface area contributed by atoms with Crippen molar-refractivity contribution in [2.24, 2.45) is 5.73 Å². The molecular formula is C67H118NO8P. The summed E-state index contributed by atoms with van der Waals surface area (Å²) in [6, 6.07) is 0. The number of phosphoric acid groups is 1. The molecule has 0 radical (unpaired) electrons. The minimum absolute atomic E-state index is 0.0497. The Morgan fingerprint density at radius 1 is 0.403 bits per heavy atom. The summed E-state index contributed by atoms with van der Waals surface area (Å²) >= 11 is 0. The largest absolute Gasteiger partial charge is 0.472 e. The van der Waals surface area contributed by atoms with Gasteiger partial charge in [0.25, 0.3) is 0 Å². The lowest BCUT2D eigenvalue weighted by molar-refractivity contribution is -0.161. The molecule has 2 unspecified atom stereocenters. The predicted octanol–water partition coefficient (Wildman–Crippen LogP) is 20.4. The molecule has 0 spiro atoms. The van der Waals surface area contributed by atoms with Crippen LogP contribution in [0.4, 0.5) is 0 Å². The fourth-order valence-electron chi connectivity index (χ4n) is 8.79. The molecule has 0 amide bonds. The average molecular weight is 1100 g/mol. The number of esters is 2. The molecule has 0 aliphatic heterocycles. The molecule has 0 rings (SSSR count). The van der Waals surface area contributed by atoms with Crippen LogP contribution < -0.4 is 5.73 Å². The van der Waals surface area contributed by atoms with Crippen molar-refractivity contribution < 1.29 is 37.6 Å². The molecule has 0 heterocycles. The number of ether oxygens (including phenoxy) is 2. The molecule has 0 aliphatic carbocycles. The molecule has 0 fully saturated rings. The van der Waals surface area contributed by atoms with E-state index >= 15 is 0 Å². The first-order chi connectivity index (χ1) is 37.8. The van der Waals surface area contributed by atoms with Gasteiger partial charge in [-0.1, -0.05) is 272 Å². The van der Waals surface area contributed by atoms with Gasteiger partial charge < -0.3 is 20.1 Å². The summed E-state index contributed by atoms with van der Waals surface area (Å²) in [5.74, 6) is -0.828. The molecule has 0 saturated heterocycles. The second-order valence-electron chi connectivity index (χ2n) is 20.9. The molecule has 2 atom stereocenters. The van der Waals surface area contributed by atoms with E-state index in [4.69, 9.17) is 24.3 Å². The molecule has 0 bridgehead atoms. The van der Waals surface area contributed by atoms with Gasteiger partial charge in [-0.3, -0.25) is 18.6 Å². The number of allylic oxidation sites excluding steroid dienone is 16. The van der Waals surface area contributed by atoms with Crippen LogP contribution in [0.1, 0.15) is 284 Å². The van der Waals surface area contributed by atoms with Crippen LogP contribution in [0.25, 0.3) is 0 Å². The molecule has 9 nitrogen and oxygen atoms in total. The molecule has 444 valence electrons. The van der Waals surface area contributed by atoms with Gasteiger partial charge in [-0.05, 0) is 96.3 Å². The third-order valence-corrected chi connectivity index (χ3v) is 14.4. The van der Waals surface area contributed by atoms with Crippen LogP contribution in [0.5, 0.6) is 0 Å². The maximum absolute atomic E-state index is 12.7. The number of phosphoric ester groups is 1. The number of carbonyl (C=O) groups excluding carboxylic acids is 2. The maximum Gasteiger partial charge on any atom is 0.472 e. The Labute approximate surface area is 474 Å². The molecular weight excluding hydrogens is 978 g/mol. The van der Waals surface area contributed by atoms with Crippen molar-refractivity contribution in [2.45, 2.75) is 290 Å². The molecule has 10 heteroatoms. The maximum atomic E-state index is 12.7. The van der Waals surface area contributed by atoms with Gasteiger partial charge >= 0.3 is 19.8 Å². The first-order valence-electron chi connectivity index (χ1n) is 31.7. The lowest BCUT2D eigenvalue weighted by Crippen LogP contribution is -2.29. The molecule has 3 N–H and O–H groups in total. The van der Waals surface area contributed by atoms with Gasteiger partial charge in [0, 0.05) is 19.4 Å². The normalized spacial score (nSPS) is 13.7. The van der Waals surface area contributed by atoms with Gasteiger partial charge in [-0.2, -0.15) is 0 Å². The number of rotatable bonds is 59. The van der Waals surface area contributed by atoms with Crippen LogP contribution >= 0.6 is 7.82 Å². The Bertz CT molecular complexity index is 1580. The molecule has 0 aromatic heterocycles. The van der Waals surface area contributed by atoms with E-state index in [1.54, 1.807) is 0 Å². The molecule has 0 aromatic carbocycles. The van der Waals surface area contributed by atoms with Gasteiger partial charge in [0.15, 0.2) is 6.10 Å². The van der Waals surface area contributed by atoms with Gasteiger partial charge in [0.1, 0.15) is 6.61 Å². The van der Waals surface area contributed by atoms with Crippen molar-refractivity contribution in [3.8, 4) is 0 Å². The summed E-state index contributed by atoms with van der Waals surface area (Å²) in [5.41, 5.74) is 5.39. The van der Waals surface area contributed by atoms with E-state index in [2.05, 4.69) is 111 Å². The molecule has 77 heavy (non-hydrogen) atoms. The first kappa shape index (κ1) is 73.9. The van der Waals surface area contributed by atoms with Crippen LogP contribution in [0.15, 0.2) is 97.2 Å². The third kappa shape index (κ3) is 62.0. The summed E-state index contributed by atoms with van der Waals surface area (Å²) in [5, 5.41) is 0. The van der Waals surface area contributed by atoms with Crippen molar-refractivity contribution >= 4 is 19.8 Å². The van der Waals surface area contributed by atoms with Crippen LogP contribution in [0, 0.1) is 0 Å². The Morgan fingerprint density at radius 2 is 0.714 bits per heavy atom. The van der Waals surface area contributed by atoms with Crippen LogP contribution in [-0.2, 0) is 32.7 Å². The lowest BCUT2D eigenvalue weighted by Gasteiger charge is -2.19. The monoisotopic (exact) mass is 1100 g/mol. The molecule has 0 aromatic rings. The minimum atomic E-state index is -4.40. The fourth-order valence-corrected chi connectivity index (χ4v) is 9.55. The number of hydrogen-bond donors (Lipinski definition) is 2. The van der Waals surface area contributed by atoms with E-state index in [0.717, 1.165) is 89.9 Å². The number of carbonyl (C=O) groups is 2. The quantitative estimate of drug-likeness (QED) is 0.0264. The summed E-state index contributed by atoms with van der Waals surface area (Å²) in [4.78, 5) is 35.3. The molecule has 0 aliphatic rings. The summed E-state index contributed by atoms with van der Waals surface area (Å²) in [6.07, 6.45) is 83.3. The Balaban J connectivity index is 3.96. The van der Waals surface area contributed by atoms with Crippen molar-refractivity contribution in [1.82, 2.24) is 0 Å². The van der Waals surface area contributed by atoms with Crippen molar-refractivity contribution in [3.05, 3.63) is 97.2 Å². The summed E-state index contributed by atoms with van der Waals surface area (Å²) in [6.45, 7) is 3.65. The second kappa shape index (κ2) is 62.1. The standard InChI is InChI=1S/C67H118NO8P/c1-3-5-7-9-11-13-15-17-19-21-23-25-27-28-29-30-31-32-33-34-35-36-38-40-42-44-46-48-50-52-54-56-58-60-67(70)76-65(64-75-77(71,72)74-62-61-68)63-73-66(69)59-57-55-53-51-49-47-45-43-41-39-37-26-24-22-20-18-16-14-12-10-8-6-4-2/h5,7,11,13,17,19,22-25,28-29,31-32,34-35,65H,3-4,6,8-10,12,14-16,18,20-21,26-27,30,33,36-64,68H2,1-2H3,(H,71,72)/b7-5-,13-11-,19-17-,24-22-,25-23-,29-28-,32-31-,35-34-. The predicted molar refractivity (Wildman–Crippen MR) is 330 cm³/mol. The smallest absolute Gasteiger partial charge is 0.462 e. The second-order valence-corrected chi connectivity index (χ2v) is 22.3. The van der Waals surface area contributed by atoms with Crippen LogP contribution in [0.3, 0.4) is 0 Å². The summed E-state index contributed by atoms with van der Waals surface area (Å²) in [7, 11) is -4.40.